The van der Waals surface area contributed by atoms with E-state index in [-0.39, 0.29) is 30.8 Å². The van der Waals surface area contributed by atoms with Gasteiger partial charge in [-0.1, -0.05) is 6.07 Å². The van der Waals surface area contributed by atoms with Crippen LogP contribution in [0.25, 0.3) is 0 Å². The highest BCUT2D eigenvalue weighted by molar-refractivity contribution is 5.92. The van der Waals surface area contributed by atoms with Crippen molar-refractivity contribution in [1.29, 1.82) is 0 Å². The summed E-state index contributed by atoms with van der Waals surface area (Å²) in [6.07, 6.45) is 1.69. The Labute approximate surface area is 165 Å². The van der Waals surface area contributed by atoms with E-state index in [0.29, 0.717) is 25.3 Å². The largest absolute Gasteiger partial charge is 0.349 e. The molecule has 1 aliphatic heterocycles. The third-order valence-corrected chi connectivity index (χ3v) is 4.48. The number of hydrogen-bond donors (Lipinski definition) is 1. The SMILES string of the molecule is Cc1cc(C(=O)N2CCN(C)CC2)nn1CC(=O)NCc1ccccn1.Cl. The average Bonchev–Trinajstić information content (AvgIpc) is 3.01. The van der Waals surface area contributed by atoms with E-state index in [9.17, 15) is 9.59 Å². The Bertz CT molecular complexity index is 771. The van der Waals surface area contributed by atoms with Gasteiger partial charge in [0, 0.05) is 38.1 Å². The fraction of sp³-hybridized carbons (Fsp3) is 0.444. The fourth-order valence-corrected chi connectivity index (χ4v) is 2.83. The van der Waals surface area contributed by atoms with E-state index >= 15 is 0 Å². The molecule has 2 aromatic rings. The van der Waals surface area contributed by atoms with Crippen LogP contribution in [0.3, 0.4) is 0 Å². The Morgan fingerprint density at radius 1 is 1.19 bits per heavy atom. The van der Waals surface area contributed by atoms with Crippen LogP contribution in [0.2, 0.25) is 0 Å². The molecule has 2 amide bonds. The molecule has 1 aliphatic rings. The number of piperazine rings is 1. The molecule has 27 heavy (non-hydrogen) atoms. The lowest BCUT2D eigenvalue weighted by molar-refractivity contribution is -0.122. The topological polar surface area (TPSA) is 83.4 Å². The Hall–Kier alpha value is -2.45. The van der Waals surface area contributed by atoms with Gasteiger partial charge in [0.05, 0.1) is 12.2 Å². The minimum atomic E-state index is -0.166. The zero-order chi connectivity index (χ0) is 18.5. The summed E-state index contributed by atoms with van der Waals surface area (Å²) in [6, 6.07) is 7.30. The second kappa shape index (κ2) is 9.48. The Kier molecular flexibility index (Phi) is 7.32. The van der Waals surface area contributed by atoms with Crippen molar-refractivity contribution in [2.45, 2.75) is 20.0 Å². The van der Waals surface area contributed by atoms with Gasteiger partial charge < -0.3 is 15.1 Å². The number of nitrogens with zero attached hydrogens (tertiary/aromatic N) is 5. The number of carbonyl (C=O) groups is 2. The molecule has 1 N–H and O–H groups in total. The molecule has 0 atom stereocenters. The van der Waals surface area contributed by atoms with Crippen LogP contribution < -0.4 is 5.32 Å². The number of likely N-dealkylation sites (N-methyl/N-ethyl adjacent to an activating group) is 1. The van der Waals surface area contributed by atoms with E-state index < -0.39 is 0 Å². The Morgan fingerprint density at radius 2 is 1.93 bits per heavy atom. The molecule has 2 aromatic heterocycles. The monoisotopic (exact) mass is 392 g/mol. The maximum atomic E-state index is 12.6. The molecule has 3 rings (SSSR count). The van der Waals surface area contributed by atoms with Gasteiger partial charge in [-0.2, -0.15) is 5.10 Å². The first-order valence-corrected chi connectivity index (χ1v) is 8.72. The van der Waals surface area contributed by atoms with Gasteiger partial charge in [-0.25, -0.2) is 0 Å². The number of nitrogens with one attached hydrogen (secondary N) is 1. The van der Waals surface area contributed by atoms with Gasteiger partial charge in [-0.3, -0.25) is 19.3 Å². The van der Waals surface area contributed by atoms with E-state index in [2.05, 4.69) is 20.3 Å². The molecule has 3 heterocycles. The summed E-state index contributed by atoms with van der Waals surface area (Å²) in [5.74, 6) is -0.241. The van der Waals surface area contributed by atoms with Crippen molar-refractivity contribution >= 4 is 24.2 Å². The molecule has 8 nitrogen and oxygen atoms in total. The first kappa shape index (κ1) is 20.9. The first-order valence-electron chi connectivity index (χ1n) is 8.72. The molecule has 0 spiro atoms. The van der Waals surface area contributed by atoms with Crippen molar-refractivity contribution in [2.24, 2.45) is 0 Å². The lowest BCUT2D eigenvalue weighted by Crippen LogP contribution is -2.47. The number of aromatic nitrogens is 3. The predicted molar refractivity (Wildman–Crippen MR) is 104 cm³/mol. The highest BCUT2D eigenvalue weighted by Crippen LogP contribution is 2.09. The van der Waals surface area contributed by atoms with Crippen LogP contribution in [0.1, 0.15) is 21.9 Å². The van der Waals surface area contributed by atoms with Gasteiger partial charge >= 0.3 is 0 Å². The summed E-state index contributed by atoms with van der Waals surface area (Å²) in [7, 11) is 2.05. The van der Waals surface area contributed by atoms with Crippen LogP contribution in [-0.4, -0.2) is 69.6 Å². The standard InChI is InChI=1S/C18H24N6O2.ClH/c1-14-11-16(18(26)23-9-7-22(2)8-10-23)21-24(14)13-17(25)20-12-15-5-3-4-6-19-15;/h3-6,11H,7-10,12-13H2,1-2H3,(H,20,25);1H. The van der Waals surface area contributed by atoms with Crippen molar-refractivity contribution in [3.05, 3.63) is 47.5 Å². The van der Waals surface area contributed by atoms with Gasteiger partial charge in [-0.05, 0) is 32.2 Å². The minimum absolute atomic E-state index is 0. The van der Waals surface area contributed by atoms with Crippen LogP contribution in [0.5, 0.6) is 0 Å². The van der Waals surface area contributed by atoms with Gasteiger partial charge in [0.1, 0.15) is 6.54 Å². The van der Waals surface area contributed by atoms with E-state index in [4.69, 9.17) is 0 Å². The predicted octanol–water partition coefficient (Wildman–Crippen LogP) is 0.712. The fourth-order valence-electron chi connectivity index (χ4n) is 2.83. The Balaban J connectivity index is 0.00000261. The zero-order valence-electron chi connectivity index (χ0n) is 15.6. The summed E-state index contributed by atoms with van der Waals surface area (Å²) < 4.78 is 1.57. The number of amides is 2. The molecule has 0 saturated carbocycles. The normalized spacial score (nSPS) is 14.5. The second-order valence-electron chi connectivity index (χ2n) is 6.52. The number of aryl methyl sites for hydroxylation is 1. The molecule has 0 aliphatic carbocycles. The molecular formula is C18H25ClN6O2. The third-order valence-electron chi connectivity index (χ3n) is 4.48. The van der Waals surface area contributed by atoms with E-state index in [0.717, 1.165) is 24.5 Å². The van der Waals surface area contributed by atoms with Gasteiger partial charge in [-0.15, -0.1) is 12.4 Å². The summed E-state index contributed by atoms with van der Waals surface area (Å²) >= 11 is 0. The van der Waals surface area contributed by atoms with Gasteiger partial charge in [0.15, 0.2) is 5.69 Å². The van der Waals surface area contributed by atoms with Crippen LogP contribution in [0, 0.1) is 6.92 Å². The summed E-state index contributed by atoms with van der Waals surface area (Å²) in [5.41, 5.74) is 1.98. The highest BCUT2D eigenvalue weighted by Gasteiger charge is 2.23. The molecule has 146 valence electrons. The molecule has 0 bridgehead atoms. The molecule has 9 heteroatoms. The van der Waals surface area contributed by atoms with Crippen molar-refractivity contribution in [2.75, 3.05) is 33.2 Å². The van der Waals surface area contributed by atoms with Crippen molar-refractivity contribution in [3.8, 4) is 0 Å². The van der Waals surface area contributed by atoms with Gasteiger partial charge in [0.2, 0.25) is 5.91 Å². The van der Waals surface area contributed by atoms with Crippen LogP contribution in [0.15, 0.2) is 30.5 Å². The minimum Gasteiger partial charge on any atom is -0.349 e. The van der Waals surface area contributed by atoms with E-state index in [1.807, 2.05) is 37.1 Å². The lowest BCUT2D eigenvalue weighted by Gasteiger charge is -2.31. The molecular weight excluding hydrogens is 368 g/mol. The van der Waals surface area contributed by atoms with Gasteiger partial charge in [0.25, 0.3) is 5.91 Å². The molecule has 1 saturated heterocycles. The number of halogens is 1. The van der Waals surface area contributed by atoms with E-state index in [1.165, 1.54) is 0 Å². The maximum absolute atomic E-state index is 12.6. The van der Waals surface area contributed by atoms with Crippen molar-refractivity contribution in [3.63, 3.8) is 0 Å². The molecule has 1 fully saturated rings. The van der Waals surface area contributed by atoms with Crippen LogP contribution in [0.4, 0.5) is 0 Å². The second-order valence-corrected chi connectivity index (χ2v) is 6.52. The first-order chi connectivity index (χ1) is 12.5. The third kappa shape index (κ3) is 5.51. The quantitative estimate of drug-likeness (QED) is 0.810. The summed E-state index contributed by atoms with van der Waals surface area (Å²) in [6.45, 7) is 5.42. The Morgan fingerprint density at radius 3 is 2.59 bits per heavy atom. The number of pyridine rings is 1. The van der Waals surface area contributed by atoms with Crippen molar-refractivity contribution in [1.82, 2.24) is 29.9 Å². The number of hydrogen-bond acceptors (Lipinski definition) is 5. The average molecular weight is 393 g/mol. The highest BCUT2D eigenvalue weighted by atomic mass is 35.5. The summed E-state index contributed by atoms with van der Waals surface area (Å²) in [4.78, 5) is 32.9. The number of rotatable bonds is 5. The van der Waals surface area contributed by atoms with Crippen molar-refractivity contribution < 1.29 is 9.59 Å². The smallest absolute Gasteiger partial charge is 0.274 e. The summed E-state index contributed by atoms with van der Waals surface area (Å²) in [5, 5.41) is 7.15. The number of carbonyl (C=O) groups excluding carboxylic acids is 2. The van der Waals surface area contributed by atoms with E-state index in [1.54, 1.807) is 16.9 Å². The lowest BCUT2D eigenvalue weighted by atomic mass is 10.3. The van der Waals surface area contributed by atoms with Crippen LogP contribution in [-0.2, 0) is 17.9 Å². The molecule has 0 unspecified atom stereocenters. The molecule has 0 radical (unpaired) electrons. The molecule has 0 aromatic carbocycles. The maximum Gasteiger partial charge on any atom is 0.274 e. The van der Waals surface area contributed by atoms with Crippen LogP contribution >= 0.6 is 12.4 Å². The zero-order valence-corrected chi connectivity index (χ0v) is 16.4.